The maximum atomic E-state index is 12.1. The van der Waals surface area contributed by atoms with Crippen molar-refractivity contribution in [1.29, 1.82) is 0 Å². The molecule has 1 rings (SSSR count). The predicted molar refractivity (Wildman–Crippen MR) is 80.5 cm³/mol. The van der Waals surface area contributed by atoms with E-state index < -0.39 is 0 Å². The van der Waals surface area contributed by atoms with Crippen LogP contribution in [0.4, 0.5) is 5.69 Å². The quantitative estimate of drug-likeness (QED) is 0.815. The molecule has 0 aromatic heterocycles. The van der Waals surface area contributed by atoms with Crippen LogP contribution in [0.15, 0.2) is 18.2 Å². The molecule has 0 unspecified atom stereocenters. The van der Waals surface area contributed by atoms with Gasteiger partial charge in [0.2, 0.25) is 0 Å². The van der Waals surface area contributed by atoms with Gasteiger partial charge in [0.15, 0.2) is 0 Å². The summed E-state index contributed by atoms with van der Waals surface area (Å²) in [6.07, 6.45) is 0. The SMILES string of the molecule is CN(C)CC(C)(C)CNC(=O)c1ccc(N)cc1Cl. The minimum Gasteiger partial charge on any atom is -0.399 e. The van der Waals surface area contributed by atoms with E-state index in [4.69, 9.17) is 17.3 Å². The van der Waals surface area contributed by atoms with E-state index in [1.165, 1.54) is 0 Å². The first-order valence-corrected chi connectivity index (χ1v) is 6.57. The number of nitrogens with zero attached hydrogens (tertiary/aromatic N) is 1. The molecule has 0 radical (unpaired) electrons. The number of carbonyl (C=O) groups is 1. The molecule has 0 saturated carbocycles. The van der Waals surface area contributed by atoms with Crippen molar-refractivity contribution in [3.63, 3.8) is 0 Å². The highest BCUT2D eigenvalue weighted by Gasteiger charge is 2.20. The number of nitrogens with two attached hydrogens (primary N) is 1. The van der Waals surface area contributed by atoms with Crippen LogP contribution in [0.3, 0.4) is 0 Å². The van der Waals surface area contributed by atoms with Crippen LogP contribution in [0.1, 0.15) is 24.2 Å². The summed E-state index contributed by atoms with van der Waals surface area (Å²) in [6.45, 7) is 5.70. The second kappa shape index (κ2) is 6.26. The summed E-state index contributed by atoms with van der Waals surface area (Å²) < 4.78 is 0. The normalized spacial score (nSPS) is 11.7. The summed E-state index contributed by atoms with van der Waals surface area (Å²) in [7, 11) is 4.03. The van der Waals surface area contributed by atoms with Crippen LogP contribution in [0.25, 0.3) is 0 Å². The van der Waals surface area contributed by atoms with Gasteiger partial charge in [-0.15, -0.1) is 0 Å². The number of halogens is 1. The van der Waals surface area contributed by atoms with Gasteiger partial charge in [-0.3, -0.25) is 4.79 Å². The molecular weight excluding hydrogens is 262 g/mol. The maximum absolute atomic E-state index is 12.1. The van der Waals surface area contributed by atoms with E-state index in [0.29, 0.717) is 22.8 Å². The number of amides is 1. The second-order valence-corrected chi connectivity index (χ2v) is 6.23. The van der Waals surface area contributed by atoms with Crippen molar-refractivity contribution in [1.82, 2.24) is 10.2 Å². The summed E-state index contributed by atoms with van der Waals surface area (Å²) in [4.78, 5) is 14.2. The number of benzene rings is 1. The van der Waals surface area contributed by atoms with Crippen molar-refractivity contribution in [2.45, 2.75) is 13.8 Å². The number of carbonyl (C=O) groups excluding carboxylic acids is 1. The Hall–Kier alpha value is -1.26. The fourth-order valence-corrected chi connectivity index (χ4v) is 2.32. The van der Waals surface area contributed by atoms with E-state index in [-0.39, 0.29) is 11.3 Å². The summed E-state index contributed by atoms with van der Waals surface area (Å²) in [5.41, 5.74) is 6.61. The number of hydrogen-bond donors (Lipinski definition) is 2. The average Bonchev–Trinajstić information content (AvgIpc) is 2.24. The van der Waals surface area contributed by atoms with E-state index in [1.807, 2.05) is 14.1 Å². The molecular formula is C14H22ClN3O. The van der Waals surface area contributed by atoms with Crippen LogP contribution < -0.4 is 11.1 Å². The maximum Gasteiger partial charge on any atom is 0.252 e. The van der Waals surface area contributed by atoms with Crippen LogP contribution in [0.5, 0.6) is 0 Å². The summed E-state index contributed by atoms with van der Waals surface area (Å²) in [5.74, 6) is -0.170. The topological polar surface area (TPSA) is 58.4 Å². The Bertz CT molecular complexity index is 458. The number of hydrogen-bond acceptors (Lipinski definition) is 3. The largest absolute Gasteiger partial charge is 0.399 e. The highest BCUT2D eigenvalue weighted by atomic mass is 35.5. The van der Waals surface area contributed by atoms with Gasteiger partial charge in [-0.2, -0.15) is 0 Å². The van der Waals surface area contributed by atoms with Crippen molar-refractivity contribution in [3.8, 4) is 0 Å². The Kier molecular flexibility index (Phi) is 5.20. The van der Waals surface area contributed by atoms with Crippen LogP contribution in [0, 0.1) is 5.41 Å². The molecule has 0 atom stereocenters. The monoisotopic (exact) mass is 283 g/mol. The van der Waals surface area contributed by atoms with Gasteiger partial charge < -0.3 is 16.0 Å². The third-order valence-electron chi connectivity index (χ3n) is 2.71. The first kappa shape index (κ1) is 15.8. The third-order valence-corrected chi connectivity index (χ3v) is 3.02. The summed E-state index contributed by atoms with van der Waals surface area (Å²) in [6, 6.07) is 4.90. The highest BCUT2D eigenvalue weighted by Crippen LogP contribution is 2.20. The minimum atomic E-state index is -0.170. The van der Waals surface area contributed by atoms with Gasteiger partial charge in [0, 0.05) is 18.8 Å². The molecule has 0 aliphatic carbocycles. The number of anilines is 1. The summed E-state index contributed by atoms with van der Waals surface area (Å²) >= 11 is 6.01. The molecule has 0 aliphatic heterocycles. The van der Waals surface area contributed by atoms with Gasteiger partial charge in [0.1, 0.15) is 0 Å². The van der Waals surface area contributed by atoms with E-state index >= 15 is 0 Å². The number of nitrogens with one attached hydrogen (secondary N) is 1. The molecule has 1 aromatic carbocycles. The Morgan fingerprint density at radius 1 is 1.42 bits per heavy atom. The smallest absolute Gasteiger partial charge is 0.252 e. The van der Waals surface area contributed by atoms with Crippen LogP contribution in [0.2, 0.25) is 5.02 Å². The van der Waals surface area contributed by atoms with Crippen LogP contribution in [-0.4, -0.2) is 38.0 Å². The zero-order chi connectivity index (χ0) is 14.6. The number of nitrogen functional groups attached to an aromatic ring is 1. The molecule has 106 valence electrons. The fourth-order valence-electron chi connectivity index (χ4n) is 2.04. The van der Waals surface area contributed by atoms with E-state index in [1.54, 1.807) is 18.2 Å². The Morgan fingerprint density at radius 3 is 2.58 bits per heavy atom. The molecule has 4 nitrogen and oxygen atoms in total. The van der Waals surface area contributed by atoms with Gasteiger partial charge in [0.25, 0.3) is 5.91 Å². The Labute approximate surface area is 119 Å². The van der Waals surface area contributed by atoms with Crippen molar-refractivity contribution in [3.05, 3.63) is 28.8 Å². The molecule has 19 heavy (non-hydrogen) atoms. The van der Waals surface area contributed by atoms with Crippen LogP contribution >= 0.6 is 11.6 Å². The molecule has 3 N–H and O–H groups in total. The summed E-state index contributed by atoms with van der Waals surface area (Å²) in [5, 5.41) is 3.29. The highest BCUT2D eigenvalue weighted by molar-refractivity contribution is 6.34. The van der Waals surface area contributed by atoms with Crippen LogP contribution in [-0.2, 0) is 0 Å². The van der Waals surface area contributed by atoms with Crippen molar-refractivity contribution in [2.24, 2.45) is 5.41 Å². The first-order chi connectivity index (χ1) is 8.71. The van der Waals surface area contributed by atoms with Crippen molar-refractivity contribution < 1.29 is 4.79 Å². The first-order valence-electron chi connectivity index (χ1n) is 6.19. The van der Waals surface area contributed by atoms with Gasteiger partial charge in [0.05, 0.1) is 10.6 Å². The number of rotatable bonds is 5. The Balaban J connectivity index is 2.65. The fraction of sp³-hybridized carbons (Fsp3) is 0.500. The van der Waals surface area contributed by atoms with Gasteiger partial charge in [-0.1, -0.05) is 25.4 Å². The van der Waals surface area contributed by atoms with Gasteiger partial charge in [-0.05, 0) is 37.7 Å². The molecule has 0 aliphatic rings. The van der Waals surface area contributed by atoms with Gasteiger partial charge >= 0.3 is 0 Å². The average molecular weight is 284 g/mol. The lowest BCUT2D eigenvalue weighted by Gasteiger charge is -2.28. The third kappa shape index (κ3) is 5.09. The van der Waals surface area contributed by atoms with E-state index in [9.17, 15) is 4.79 Å². The van der Waals surface area contributed by atoms with Crippen molar-refractivity contribution >= 4 is 23.2 Å². The molecule has 5 heteroatoms. The standard InChI is InChI=1S/C14H22ClN3O/c1-14(2,9-18(3)4)8-17-13(19)11-6-5-10(16)7-12(11)15/h5-7H,8-9,16H2,1-4H3,(H,17,19). The molecule has 0 bridgehead atoms. The minimum absolute atomic E-state index is 0.000551. The lowest BCUT2D eigenvalue weighted by Crippen LogP contribution is -2.40. The predicted octanol–water partition coefficient (Wildman–Crippen LogP) is 2.24. The zero-order valence-corrected chi connectivity index (χ0v) is 12.7. The van der Waals surface area contributed by atoms with E-state index in [0.717, 1.165) is 6.54 Å². The molecule has 1 aromatic rings. The second-order valence-electron chi connectivity index (χ2n) is 5.82. The van der Waals surface area contributed by atoms with E-state index in [2.05, 4.69) is 24.1 Å². The Morgan fingerprint density at radius 2 is 2.05 bits per heavy atom. The molecule has 0 heterocycles. The molecule has 0 fully saturated rings. The lowest BCUT2D eigenvalue weighted by atomic mass is 9.93. The lowest BCUT2D eigenvalue weighted by molar-refractivity contribution is 0.0929. The molecule has 0 saturated heterocycles. The molecule has 0 spiro atoms. The van der Waals surface area contributed by atoms with Gasteiger partial charge in [-0.25, -0.2) is 0 Å². The molecule has 1 amide bonds. The zero-order valence-electron chi connectivity index (χ0n) is 12.0. The van der Waals surface area contributed by atoms with Crippen molar-refractivity contribution in [2.75, 3.05) is 32.9 Å².